The zero-order valence-electron chi connectivity index (χ0n) is 8.97. The van der Waals surface area contributed by atoms with Crippen LogP contribution in [0.2, 0.25) is 0 Å². The number of piperidine rings is 1. The molecule has 0 aromatic rings. The van der Waals surface area contributed by atoms with Crippen molar-refractivity contribution in [2.45, 2.75) is 52.5 Å². The molecule has 0 N–H and O–H groups in total. The van der Waals surface area contributed by atoms with Gasteiger partial charge in [-0.05, 0) is 39.5 Å². The van der Waals surface area contributed by atoms with Gasteiger partial charge in [0.1, 0.15) is 0 Å². The van der Waals surface area contributed by atoms with Crippen LogP contribution in [0.3, 0.4) is 0 Å². The van der Waals surface area contributed by atoms with Gasteiger partial charge in [-0.2, -0.15) is 0 Å². The summed E-state index contributed by atoms with van der Waals surface area (Å²) in [6, 6.07) is 0.920. The van der Waals surface area contributed by atoms with E-state index >= 15 is 0 Å². The zero-order chi connectivity index (χ0) is 9.03. The van der Waals surface area contributed by atoms with Crippen LogP contribution in [-0.4, -0.2) is 30.2 Å². The van der Waals surface area contributed by atoms with Crippen molar-refractivity contribution in [2.75, 3.05) is 19.6 Å². The Morgan fingerprint density at radius 1 is 1.25 bits per heavy atom. The van der Waals surface area contributed by atoms with E-state index in [-0.39, 0.29) is 0 Å². The van der Waals surface area contributed by atoms with Crippen LogP contribution in [0.15, 0.2) is 0 Å². The van der Waals surface area contributed by atoms with E-state index in [4.69, 9.17) is 0 Å². The van der Waals surface area contributed by atoms with Gasteiger partial charge in [0.05, 0.1) is 25.7 Å². The highest BCUT2D eigenvalue weighted by atomic mass is 15.4. The van der Waals surface area contributed by atoms with E-state index in [1.54, 1.807) is 0 Å². The first-order valence-electron chi connectivity index (χ1n) is 5.61. The Morgan fingerprint density at radius 3 is 2.50 bits per heavy atom. The second-order valence-corrected chi connectivity index (χ2v) is 4.33. The lowest BCUT2D eigenvalue weighted by molar-refractivity contribution is -0.952. The van der Waals surface area contributed by atoms with E-state index < -0.39 is 0 Å². The maximum absolute atomic E-state index is 2.44. The molecule has 0 aliphatic carbocycles. The summed E-state index contributed by atoms with van der Waals surface area (Å²) in [7, 11) is 0. The number of rotatable bonds is 3. The minimum absolute atomic E-state index is 0.920. The zero-order valence-corrected chi connectivity index (χ0v) is 8.97. The summed E-state index contributed by atoms with van der Waals surface area (Å²) in [6.07, 6.45) is 5.72. The fourth-order valence-electron chi connectivity index (χ4n) is 2.77. The van der Waals surface area contributed by atoms with E-state index in [1.807, 2.05) is 0 Å². The molecule has 0 radical (unpaired) electrons. The number of hydrogen-bond donors (Lipinski definition) is 0. The molecule has 1 aliphatic heterocycles. The number of quaternary nitrogens is 1. The molecule has 1 heterocycles. The van der Waals surface area contributed by atoms with Gasteiger partial charge in [0, 0.05) is 0 Å². The van der Waals surface area contributed by atoms with Crippen LogP contribution in [0, 0.1) is 0 Å². The molecule has 0 spiro atoms. The van der Waals surface area contributed by atoms with Gasteiger partial charge >= 0.3 is 0 Å². The van der Waals surface area contributed by atoms with Crippen LogP contribution in [0.4, 0.5) is 0 Å². The fourth-order valence-corrected chi connectivity index (χ4v) is 2.77. The van der Waals surface area contributed by atoms with Crippen LogP contribution in [0.25, 0.3) is 0 Å². The molecule has 2 unspecified atom stereocenters. The normalized spacial score (nSPS) is 36.8. The fraction of sp³-hybridized carbons (Fsp3) is 1.00. The maximum atomic E-state index is 2.44. The molecule has 12 heavy (non-hydrogen) atoms. The lowest BCUT2D eigenvalue weighted by Gasteiger charge is -2.46. The predicted octanol–water partition coefficient (Wildman–Crippen LogP) is 2.81. The molecule has 1 rings (SSSR count). The van der Waals surface area contributed by atoms with Gasteiger partial charge in [-0.3, -0.25) is 0 Å². The highest BCUT2D eigenvalue weighted by molar-refractivity contribution is 4.61. The van der Waals surface area contributed by atoms with Crippen molar-refractivity contribution in [1.29, 1.82) is 0 Å². The van der Waals surface area contributed by atoms with Crippen LogP contribution in [-0.2, 0) is 0 Å². The molecule has 0 bridgehead atoms. The number of hydrogen-bond acceptors (Lipinski definition) is 0. The van der Waals surface area contributed by atoms with Gasteiger partial charge in [0.25, 0.3) is 0 Å². The molecule has 0 amide bonds. The van der Waals surface area contributed by atoms with Crippen LogP contribution in [0.1, 0.15) is 46.5 Å². The molecule has 1 heteroatoms. The second-order valence-electron chi connectivity index (χ2n) is 4.33. The lowest BCUT2D eigenvalue weighted by atomic mass is 9.99. The lowest BCUT2D eigenvalue weighted by Crippen LogP contribution is -2.57. The van der Waals surface area contributed by atoms with Crippen molar-refractivity contribution in [2.24, 2.45) is 0 Å². The quantitative estimate of drug-likeness (QED) is 0.571. The Hall–Kier alpha value is -0.0400. The van der Waals surface area contributed by atoms with Crippen molar-refractivity contribution >= 4 is 0 Å². The molecule has 1 aliphatic rings. The van der Waals surface area contributed by atoms with E-state index in [1.165, 1.54) is 49.8 Å². The molecule has 1 nitrogen and oxygen atoms in total. The topological polar surface area (TPSA) is 0 Å². The summed E-state index contributed by atoms with van der Waals surface area (Å²) in [5.41, 5.74) is 0. The minimum Gasteiger partial charge on any atom is -0.322 e. The average molecular weight is 170 g/mol. The maximum Gasteiger partial charge on any atom is 0.0861 e. The summed E-state index contributed by atoms with van der Waals surface area (Å²) >= 11 is 0. The molecular formula is C11H24N+. The molecule has 1 fully saturated rings. The first-order valence-corrected chi connectivity index (χ1v) is 5.61. The molecular weight excluding hydrogens is 146 g/mol. The minimum atomic E-state index is 0.920. The third kappa shape index (κ3) is 1.82. The van der Waals surface area contributed by atoms with Gasteiger partial charge in [-0.15, -0.1) is 0 Å². The molecule has 0 aromatic heterocycles. The number of likely N-dealkylation sites (tertiary alicyclic amines) is 1. The Balaban J connectivity index is 2.60. The summed E-state index contributed by atoms with van der Waals surface area (Å²) in [5, 5.41) is 0. The highest BCUT2D eigenvalue weighted by Gasteiger charge is 2.33. The second kappa shape index (κ2) is 4.27. The summed E-state index contributed by atoms with van der Waals surface area (Å²) < 4.78 is 1.40. The smallest absolute Gasteiger partial charge is 0.0861 e. The molecule has 1 saturated heterocycles. The monoisotopic (exact) mass is 170 g/mol. The van der Waals surface area contributed by atoms with E-state index in [0.29, 0.717) is 0 Å². The third-order valence-electron chi connectivity index (χ3n) is 3.71. The van der Waals surface area contributed by atoms with Crippen molar-refractivity contribution < 1.29 is 4.48 Å². The van der Waals surface area contributed by atoms with Gasteiger partial charge in [0.15, 0.2) is 0 Å². The van der Waals surface area contributed by atoms with Crippen molar-refractivity contribution in [1.82, 2.24) is 0 Å². The SMILES string of the molecule is CCC[N+]1(CC)CCCCC1C. The van der Waals surface area contributed by atoms with Gasteiger partial charge in [-0.1, -0.05) is 6.92 Å². The molecule has 2 atom stereocenters. The summed E-state index contributed by atoms with van der Waals surface area (Å²) in [6.45, 7) is 11.3. The third-order valence-corrected chi connectivity index (χ3v) is 3.71. The Labute approximate surface area is 77.4 Å². The molecule has 0 saturated carbocycles. The van der Waals surface area contributed by atoms with Crippen LogP contribution < -0.4 is 0 Å². The van der Waals surface area contributed by atoms with Gasteiger partial charge in [-0.25, -0.2) is 0 Å². The van der Waals surface area contributed by atoms with Crippen molar-refractivity contribution in [3.8, 4) is 0 Å². The Bertz CT molecular complexity index is 129. The summed E-state index contributed by atoms with van der Waals surface area (Å²) in [5.74, 6) is 0. The van der Waals surface area contributed by atoms with E-state index in [2.05, 4.69) is 20.8 Å². The van der Waals surface area contributed by atoms with Crippen LogP contribution in [0.5, 0.6) is 0 Å². The van der Waals surface area contributed by atoms with Gasteiger partial charge in [0.2, 0.25) is 0 Å². The van der Waals surface area contributed by atoms with Crippen molar-refractivity contribution in [3.63, 3.8) is 0 Å². The van der Waals surface area contributed by atoms with E-state index in [9.17, 15) is 0 Å². The Morgan fingerprint density at radius 2 is 2.00 bits per heavy atom. The number of nitrogens with zero attached hydrogens (tertiary/aromatic N) is 1. The standard InChI is InChI=1S/C11H24N/c1-4-9-12(5-2)10-7-6-8-11(12)3/h11H,4-10H2,1-3H3/q+1. The molecule has 72 valence electrons. The van der Waals surface area contributed by atoms with Crippen LogP contribution >= 0.6 is 0 Å². The first kappa shape index (κ1) is 10.0. The van der Waals surface area contributed by atoms with E-state index in [0.717, 1.165) is 6.04 Å². The average Bonchev–Trinajstić information content (AvgIpc) is 2.10. The largest absolute Gasteiger partial charge is 0.322 e. The van der Waals surface area contributed by atoms with Crippen molar-refractivity contribution in [3.05, 3.63) is 0 Å². The summed E-state index contributed by atoms with van der Waals surface area (Å²) in [4.78, 5) is 0. The predicted molar refractivity (Wildman–Crippen MR) is 54.1 cm³/mol. The highest BCUT2D eigenvalue weighted by Crippen LogP contribution is 2.25. The Kier molecular flexibility index (Phi) is 3.57. The van der Waals surface area contributed by atoms with Gasteiger partial charge < -0.3 is 4.48 Å². The molecule has 0 aromatic carbocycles. The first-order chi connectivity index (χ1) is 5.75.